The molecule has 0 radical (unpaired) electrons. The van der Waals surface area contributed by atoms with E-state index in [-0.39, 0.29) is 29.4 Å². The predicted molar refractivity (Wildman–Crippen MR) is 55.0 cm³/mol. The van der Waals surface area contributed by atoms with E-state index in [1.165, 1.54) is 7.11 Å². The molecule has 0 bridgehead atoms. The lowest BCUT2D eigenvalue weighted by molar-refractivity contribution is -0.206. The van der Waals surface area contributed by atoms with Crippen LogP contribution in [0.2, 0.25) is 0 Å². The van der Waals surface area contributed by atoms with Gasteiger partial charge in [0.1, 0.15) is 13.2 Å². The summed E-state index contributed by atoms with van der Waals surface area (Å²) in [6, 6.07) is 2.20. The summed E-state index contributed by atoms with van der Waals surface area (Å²) in [5.41, 5.74) is -0.344. The number of aliphatic hydroxyl groups is 1. The highest BCUT2D eigenvalue weighted by molar-refractivity contribution is 5.55. The number of aliphatic hydroxyl groups excluding tert-OH is 1. The Kier molecular flexibility index (Phi) is 3.25. The Morgan fingerprint density at radius 3 is 2.56 bits per heavy atom. The monoisotopic (exact) mass is 264 g/mol. The van der Waals surface area contributed by atoms with Crippen molar-refractivity contribution in [2.45, 2.75) is 12.3 Å². The Morgan fingerprint density at radius 2 is 1.94 bits per heavy atom. The normalized spacial score (nSPS) is 16.3. The van der Waals surface area contributed by atoms with E-state index in [2.05, 4.69) is 0 Å². The summed E-state index contributed by atoms with van der Waals surface area (Å²) >= 11 is 0. The van der Waals surface area contributed by atoms with Crippen molar-refractivity contribution in [3.63, 3.8) is 0 Å². The van der Waals surface area contributed by atoms with Crippen molar-refractivity contribution in [1.82, 2.24) is 0 Å². The van der Waals surface area contributed by atoms with E-state index in [0.29, 0.717) is 6.61 Å². The van der Waals surface area contributed by atoms with Crippen molar-refractivity contribution < 1.29 is 32.5 Å². The number of benzene rings is 1. The number of hydrogen-bond donors (Lipinski definition) is 1. The molecule has 0 saturated carbocycles. The van der Waals surface area contributed by atoms with E-state index in [1.807, 2.05) is 0 Å². The van der Waals surface area contributed by atoms with Crippen LogP contribution in [0.1, 0.15) is 11.7 Å². The molecule has 0 fully saturated rings. The van der Waals surface area contributed by atoms with E-state index in [0.717, 1.165) is 12.1 Å². The zero-order chi connectivity index (χ0) is 13.3. The van der Waals surface area contributed by atoms with Crippen LogP contribution in [0.25, 0.3) is 0 Å². The SMILES string of the molecule is COc1cc([C@H](O)C(F)(F)F)cc2c1OCCO2. The fourth-order valence-corrected chi connectivity index (χ4v) is 1.64. The average molecular weight is 264 g/mol. The second kappa shape index (κ2) is 4.56. The summed E-state index contributed by atoms with van der Waals surface area (Å²) in [7, 11) is 1.30. The highest BCUT2D eigenvalue weighted by atomic mass is 19.4. The van der Waals surface area contributed by atoms with Crippen molar-refractivity contribution in [1.29, 1.82) is 0 Å². The van der Waals surface area contributed by atoms with Crippen molar-refractivity contribution in [2.24, 2.45) is 0 Å². The summed E-state index contributed by atoms with van der Waals surface area (Å²) in [4.78, 5) is 0. The first kappa shape index (κ1) is 12.8. The highest BCUT2D eigenvalue weighted by Gasteiger charge is 2.40. The van der Waals surface area contributed by atoms with Crippen LogP contribution < -0.4 is 14.2 Å². The molecule has 0 saturated heterocycles. The molecule has 0 spiro atoms. The fourth-order valence-electron chi connectivity index (χ4n) is 1.64. The molecule has 0 amide bonds. The number of rotatable bonds is 2. The maximum atomic E-state index is 12.4. The van der Waals surface area contributed by atoms with Crippen molar-refractivity contribution >= 4 is 0 Å². The Morgan fingerprint density at radius 1 is 1.28 bits per heavy atom. The van der Waals surface area contributed by atoms with Gasteiger partial charge in [0.05, 0.1) is 7.11 Å². The lowest BCUT2D eigenvalue weighted by Crippen LogP contribution is -2.21. The van der Waals surface area contributed by atoms with Gasteiger partial charge >= 0.3 is 6.18 Å². The van der Waals surface area contributed by atoms with Crippen LogP contribution in [0.3, 0.4) is 0 Å². The van der Waals surface area contributed by atoms with Gasteiger partial charge in [-0.15, -0.1) is 0 Å². The molecular formula is C11H11F3O4. The smallest absolute Gasteiger partial charge is 0.418 e. The molecule has 1 atom stereocenters. The maximum Gasteiger partial charge on any atom is 0.418 e. The number of ether oxygens (including phenoxy) is 3. The van der Waals surface area contributed by atoms with Crippen molar-refractivity contribution in [3.05, 3.63) is 17.7 Å². The van der Waals surface area contributed by atoms with E-state index < -0.39 is 12.3 Å². The predicted octanol–water partition coefficient (Wildman–Crippen LogP) is 2.06. The molecule has 1 aliphatic rings. The summed E-state index contributed by atoms with van der Waals surface area (Å²) in [5, 5.41) is 9.20. The Labute approximate surface area is 101 Å². The number of alkyl halides is 3. The van der Waals surface area contributed by atoms with Gasteiger partial charge < -0.3 is 19.3 Å². The largest absolute Gasteiger partial charge is 0.493 e. The van der Waals surface area contributed by atoms with E-state index in [9.17, 15) is 18.3 Å². The van der Waals surface area contributed by atoms with Gasteiger partial charge in [-0.3, -0.25) is 0 Å². The first-order chi connectivity index (χ1) is 8.43. The summed E-state index contributed by atoms with van der Waals surface area (Å²) < 4.78 is 52.7. The molecule has 4 nitrogen and oxygen atoms in total. The topological polar surface area (TPSA) is 47.9 Å². The third-order valence-corrected chi connectivity index (χ3v) is 2.48. The molecule has 100 valence electrons. The zero-order valence-electron chi connectivity index (χ0n) is 9.45. The minimum absolute atomic E-state index is 0.102. The number of methoxy groups -OCH3 is 1. The Balaban J connectivity index is 2.44. The summed E-state index contributed by atoms with van der Waals surface area (Å²) in [5.74, 6) is 0.492. The van der Waals surface area contributed by atoms with Gasteiger partial charge in [0.25, 0.3) is 0 Å². The summed E-state index contributed by atoms with van der Waals surface area (Å²) in [6.45, 7) is 0.534. The van der Waals surface area contributed by atoms with Crippen LogP contribution in [0, 0.1) is 0 Å². The number of hydrogen-bond acceptors (Lipinski definition) is 4. The molecule has 2 rings (SSSR count). The standard InChI is InChI=1S/C11H11F3O4/c1-16-7-4-6(10(15)11(12,13)14)5-8-9(7)18-3-2-17-8/h4-5,10,15H,2-3H2,1H3/t10-/m0/s1. The van der Waals surface area contributed by atoms with Gasteiger partial charge in [0.15, 0.2) is 17.6 Å². The van der Waals surface area contributed by atoms with Crippen molar-refractivity contribution in [3.8, 4) is 17.2 Å². The molecule has 7 heteroatoms. The molecule has 1 aromatic carbocycles. The van der Waals surface area contributed by atoms with Crippen LogP contribution in [0.15, 0.2) is 12.1 Å². The van der Waals surface area contributed by atoms with Gasteiger partial charge in [0.2, 0.25) is 5.75 Å². The average Bonchev–Trinajstić information content (AvgIpc) is 2.35. The van der Waals surface area contributed by atoms with Crippen LogP contribution in [0.4, 0.5) is 13.2 Å². The number of fused-ring (bicyclic) bond motifs is 1. The first-order valence-corrected chi connectivity index (χ1v) is 5.16. The molecule has 1 aromatic rings. The molecule has 1 N–H and O–H groups in total. The van der Waals surface area contributed by atoms with Crippen LogP contribution in [0.5, 0.6) is 17.2 Å². The first-order valence-electron chi connectivity index (χ1n) is 5.16. The van der Waals surface area contributed by atoms with Gasteiger partial charge in [-0.05, 0) is 17.7 Å². The summed E-state index contributed by atoms with van der Waals surface area (Å²) in [6.07, 6.45) is -7.32. The fraction of sp³-hybridized carbons (Fsp3) is 0.455. The van der Waals surface area contributed by atoms with Gasteiger partial charge in [-0.1, -0.05) is 0 Å². The molecular weight excluding hydrogens is 253 g/mol. The quantitative estimate of drug-likeness (QED) is 0.888. The van der Waals surface area contributed by atoms with Gasteiger partial charge in [-0.2, -0.15) is 13.2 Å². The molecule has 1 heterocycles. The molecule has 1 aliphatic heterocycles. The van der Waals surface area contributed by atoms with Gasteiger partial charge in [-0.25, -0.2) is 0 Å². The minimum Gasteiger partial charge on any atom is -0.493 e. The van der Waals surface area contributed by atoms with Crippen LogP contribution >= 0.6 is 0 Å². The highest BCUT2D eigenvalue weighted by Crippen LogP contribution is 2.44. The molecule has 18 heavy (non-hydrogen) atoms. The van der Waals surface area contributed by atoms with E-state index in [4.69, 9.17) is 14.2 Å². The van der Waals surface area contributed by atoms with Crippen LogP contribution in [-0.2, 0) is 0 Å². The second-order valence-electron chi connectivity index (χ2n) is 3.69. The third kappa shape index (κ3) is 2.31. The van der Waals surface area contributed by atoms with Gasteiger partial charge in [0, 0.05) is 0 Å². The Bertz CT molecular complexity index is 427. The molecule has 0 aromatic heterocycles. The maximum absolute atomic E-state index is 12.4. The molecule has 0 aliphatic carbocycles. The van der Waals surface area contributed by atoms with E-state index >= 15 is 0 Å². The van der Waals surface area contributed by atoms with Crippen molar-refractivity contribution in [2.75, 3.05) is 20.3 Å². The lowest BCUT2D eigenvalue weighted by Gasteiger charge is -2.23. The zero-order valence-corrected chi connectivity index (χ0v) is 9.45. The lowest BCUT2D eigenvalue weighted by atomic mass is 10.1. The number of halogens is 3. The van der Waals surface area contributed by atoms with E-state index in [1.54, 1.807) is 0 Å². The Hall–Kier alpha value is -1.63. The second-order valence-corrected chi connectivity index (χ2v) is 3.69. The van der Waals surface area contributed by atoms with Crippen LogP contribution in [-0.4, -0.2) is 31.6 Å². The minimum atomic E-state index is -4.74. The third-order valence-electron chi connectivity index (χ3n) is 2.48. The molecule has 0 unspecified atom stereocenters.